The van der Waals surface area contributed by atoms with Gasteiger partial charge in [0.05, 0.1) is 14.2 Å². The SMILES string of the molecule is COc1cc(C(=O)Nc2ccc(CCN3CCC(C(N)=O)CC3)cc2)cc(OC)c1Br. The second-order valence-corrected chi connectivity index (χ2v) is 8.41. The third-order valence-corrected chi connectivity index (χ3v) is 6.41. The van der Waals surface area contributed by atoms with Gasteiger partial charge in [0.15, 0.2) is 0 Å². The van der Waals surface area contributed by atoms with E-state index < -0.39 is 0 Å². The summed E-state index contributed by atoms with van der Waals surface area (Å²) < 4.78 is 11.3. The molecule has 31 heavy (non-hydrogen) atoms. The van der Waals surface area contributed by atoms with Crippen LogP contribution in [0.1, 0.15) is 28.8 Å². The first-order chi connectivity index (χ1) is 14.9. The summed E-state index contributed by atoms with van der Waals surface area (Å²) >= 11 is 3.41. The maximum atomic E-state index is 12.7. The lowest BCUT2D eigenvalue weighted by atomic mass is 9.96. The maximum Gasteiger partial charge on any atom is 0.255 e. The molecule has 1 saturated heterocycles. The van der Waals surface area contributed by atoms with Crippen LogP contribution in [0.2, 0.25) is 0 Å². The van der Waals surface area contributed by atoms with Crippen molar-refractivity contribution in [3.8, 4) is 11.5 Å². The highest BCUT2D eigenvalue weighted by atomic mass is 79.9. The Bertz CT molecular complexity index is 900. The molecular weight excluding hydrogens is 462 g/mol. The Labute approximate surface area is 191 Å². The molecule has 2 aromatic rings. The van der Waals surface area contributed by atoms with Gasteiger partial charge < -0.3 is 25.4 Å². The molecule has 0 bridgehead atoms. The van der Waals surface area contributed by atoms with Gasteiger partial charge in [0, 0.05) is 23.7 Å². The first-order valence-electron chi connectivity index (χ1n) is 10.2. The number of methoxy groups -OCH3 is 2. The number of likely N-dealkylation sites (tertiary alicyclic amines) is 1. The van der Waals surface area contributed by atoms with E-state index in [1.165, 1.54) is 5.56 Å². The molecule has 0 aliphatic carbocycles. The van der Waals surface area contributed by atoms with Gasteiger partial charge >= 0.3 is 0 Å². The van der Waals surface area contributed by atoms with Crippen LogP contribution in [0.15, 0.2) is 40.9 Å². The van der Waals surface area contributed by atoms with Crippen molar-refractivity contribution >= 4 is 33.4 Å². The average Bonchev–Trinajstić information content (AvgIpc) is 2.79. The van der Waals surface area contributed by atoms with E-state index in [1.807, 2.05) is 24.3 Å². The minimum absolute atomic E-state index is 0.0183. The van der Waals surface area contributed by atoms with Crippen molar-refractivity contribution < 1.29 is 19.1 Å². The van der Waals surface area contributed by atoms with E-state index in [1.54, 1.807) is 26.4 Å². The summed E-state index contributed by atoms with van der Waals surface area (Å²) in [6, 6.07) is 11.2. The predicted molar refractivity (Wildman–Crippen MR) is 124 cm³/mol. The number of anilines is 1. The average molecular weight is 490 g/mol. The van der Waals surface area contributed by atoms with Gasteiger partial charge in [-0.3, -0.25) is 9.59 Å². The molecule has 8 heteroatoms. The highest BCUT2D eigenvalue weighted by Crippen LogP contribution is 2.35. The lowest BCUT2D eigenvalue weighted by molar-refractivity contribution is -0.123. The lowest BCUT2D eigenvalue weighted by Crippen LogP contribution is -2.39. The van der Waals surface area contributed by atoms with Crippen molar-refractivity contribution in [1.82, 2.24) is 4.90 Å². The smallest absolute Gasteiger partial charge is 0.255 e. The van der Waals surface area contributed by atoms with Gasteiger partial charge in [0.25, 0.3) is 5.91 Å². The number of benzene rings is 2. The number of carbonyl (C=O) groups excluding carboxylic acids is 2. The Kier molecular flexibility index (Phi) is 7.92. The van der Waals surface area contributed by atoms with Crippen LogP contribution in [0.5, 0.6) is 11.5 Å². The van der Waals surface area contributed by atoms with Crippen molar-refractivity contribution in [3.05, 3.63) is 52.0 Å². The summed E-state index contributed by atoms with van der Waals surface area (Å²) in [5, 5.41) is 2.91. The van der Waals surface area contributed by atoms with Gasteiger partial charge in [-0.2, -0.15) is 0 Å². The predicted octanol–water partition coefficient (Wildman–Crippen LogP) is 3.46. The van der Waals surface area contributed by atoms with Crippen molar-refractivity contribution in [2.75, 3.05) is 39.2 Å². The van der Waals surface area contributed by atoms with Crippen molar-refractivity contribution in [2.45, 2.75) is 19.3 Å². The normalized spacial score (nSPS) is 14.8. The zero-order valence-electron chi connectivity index (χ0n) is 17.8. The Morgan fingerprint density at radius 3 is 2.19 bits per heavy atom. The number of nitrogens with zero attached hydrogens (tertiary/aromatic N) is 1. The van der Waals surface area contributed by atoms with E-state index in [-0.39, 0.29) is 17.7 Å². The topological polar surface area (TPSA) is 93.9 Å². The minimum Gasteiger partial charge on any atom is -0.495 e. The number of halogens is 1. The molecule has 3 N–H and O–H groups in total. The number of ether oxygens (including phenoxy) is 2. The molecule has 0 unspecified atom stereocenters. The summed E-state index contributed by atoms with van der Waals surface area (Å²) in [7, 11) is 3.08. The van der Waals surface area contributed by atoms with Gasteiger partial charge in [0.1, 0.15) is 16.0 Å². The van der Waals surface area contributed by atoms with Gasteiger partial charge in [-0.05, 0) is 78.1 Å². The van der Waals surface area contributed by atoms with Crippen molar-refractivity contribution in [1.29, 1.82) is 0 Å². The first kappa shape index (κ1) is 23.1. The van der Waals surface area contributed by atoms with Crippen LogP contribution in [0.3, 0.4) is 0 Å². The molecule has 2 amide bonds. The molecule has 7 nitrogen and oxygen atoms in total. The summed E-state index contributed by atoms with van der Waals surface area (Å²) in [4.78, 5) is 26.3. The number of nitrogens with one attached hydrogen (secondary N) is 1. The number of piperidine rings is 1. The van der Waals surface area contributed by atoms with Crippen LogP contribution >= 0.6 is 15.9 Å². The van der Waals surface area contributed by atoms with E-state index in [0.29, 0.717) is 21.5 Å². The fraction of sp³-hybridized carbons (Fsp3) is 0.391. The molecule has 1 aliphatic rings. The molecule has 1 aliphatic heterocycles. The number of rotatable bonds is 8. The highest BCUT2D eigenvalue weighted by Gasteiger charge is 2.22. The maximum absolute atomic E-state index is 12.7. The Balaban J connectivity index is 1.55. The zero-order valence-corrected chi connectivity index (χ0v) is 19.4. The Hall–Kier alpha value is -2.58. The number of carbonyl (C=O) groups is 2. The van der Waals surface area contributed by atoms with E-state index >= 15 is 0 Å². The van der Waals surface area contributed by atoms with Crippen molar-refractivity contribution in [3.63, 3.8) is 0 Å². The second kappa shape index (κ2) is 10.6. The molecule has 0 atom stereocenters. The lowest BCUT2D eigenvalue weighted by Gasteiger charge is -2.30. The van der Waals surface area contributed by atoms with E-state index in [4.69, 9.17) is 15.2 Å². The van der Waals surface area contributed by atoms with E-state index in [0.717, 1.165) is 44.6 Å². The Morgan fingerprint density at radius 1 is 1.10 bits per heavy atom. The van der Waals surface area contributed by atoms with Gasteiger partial charge in [-0.1, -0.05) is 12.1 Å². The standard InChI is InChI=1S/C23H28BrN3O4/c1-30-19-13-17(14-20(31-2)21(19)24)23(29)26-18-5-3-15(4-6-18)7-10-27-11-8-16(9-12-27)22(25)28/h3-6,13-14,16H,7-12H2,1-2H3,(H2,25,28)(H,26,29). The van der Waals surface area contributed by atoms with E-state index in [9.17, 15) is 9.59 Å². The molecular formula is C23H28BrN3O4. The quantitative estimate of drug-likeness (QED) is 0.591. The highest BCUT2D eigenvalue weighted by molar-refractivity contribution is 9.10. The first-order valence-corrected chi connectivity index (χ1v) is 11.0. The molecule has 3 rings (SSSR count). The van der Waals surface area contributed by atoms with Gasteiger partial charge in [-0.25, -0.2) is 0 Å². The minimum atomic E-state index is -0.242. The van der Waals surface area contributed by atoms with Crippen LogP contribution in [0.4, 0.5) is 5.69 Å². The Morgan fingerprint density at radius 2 is 1.68 bits per heavy atom. The molecule has 1 heterocycles. The molecule has 1 fully saturated rings. The molecule has 0 spiro atoms. The number of nitrogens with two attached hydrogens (primary N) is 1. The molecule has 0 saturated carbocycles. The van der Waals surface area contributed by atoms with Crippen molar-refractivity contribution in [2.24, 2.45) is 11.7 Å². The third-order valence-electron chi connectivity index (χ3n) is 5.63. The number of hydrogen-bond donors (Lipinski definition) is 2. The monoisotopic (exact) mass is 489 g/mol. The second-order valence-electron chi connectivity index (χ2n) is 7.61. The zero-order chi connectivity index (χ0) is 22.4. The number of primary amides is 1. The summed E-state index contributed by atoms with van der Waals surface area (Å²) in [5.74, 6) is 0.649. The van der Waals surface area contributed by atoms with Crippen LogP contribution in [0.25, 0.3) is 0 Å². The van der Waals surface area contributed by atoms with Gasteiger partial charge in [0.2, 0.25) is 5.91 Å². The van der Waals surface area contributed by atoms with Crippen LogP contribution < -0.4 is 20.5 Å². The number of hydrogen-bond acceptors (Lipinski definition) is 5. The largest absolute Gasteiger partial charge is 0.495 e. The van der Waals surface area contributed by atoms with Crippen LogP contribution in [0, 0.1) is 5.92 Å². The van der Waals surface area contributed by atoms with Crippen LogP contribution in [-0.4, -0.2) is 50.6 Å². The molecule has 0 radical (unpaired) electrons. The third kappa shape index (κ3) is 5.98. The summed E-state index contributed by atoms with van der Waals surface area (Å²) in [6.45, 7) is 2.75. The fourth-order valence-electron chi connectivity index (χ4n) is 3.69. The molecule has 2 aromatic carbocycles. The molecule has 0 aromatic heterocycles. The summed E-state index contributed by atoms with van der Waals surface area (Å²) in [5.41, 5.74) is 7.76. The fourth-order valence-corrected chi connectivity index (χ4v) is 4.24. The van der Waals surface area contributed by atoms with Crippen LogP contribution in [-0.2, 0) is 11.2 Å². The number of amides is 2. The van der Waals surface area contributed by atoms with Gasteiger partial charge in [-0.15, -0.1) is 0 Å². The molecule has 166 valence electrons. The van der Waals surface area contributed by atoms with E-state index in [2.05, 4.69) is 26.1 Å². The summed E-state index contributed by atoms with van der Waals surface area (Å²) in [6.07, 6.45) is 2.59.